The van der Waals surface area contributed by atoms with E-state index in [4.69, 9.17) is 26.2 Å². The van der Waals surface area contributed by atoms with Crippen LogP contribution in [0.25, 0.3) is 0 Å². The molecule has 0 aliphatic heterocycles. The number of esters is 1. The Labute approximate surface area is 149 Å². The van der Waals surface area contributed by atoms with Crippen molar-refractivity contribution in [1.82, 2.24) is 0 Å². The average molecular weight is 388 g/mol. The Morgan fingerprint density at radius 2 is 1.80 bits per heavy atom. The van der Waals surface area contributed by atoms with Gasteiger partial charge in [0.15, 0.2) is 0 Å². The van der Waals surface area contributed by atoms with E-state index in [0.29, 0.717) is 12.2 Å². The van der Waals surface area contributed by atoms with Crippen LogP contribution in [0.5, 0.6) is 5.75 Å². The summed E-state index contributed by atoms with van der Waals surface area (Å²) in [6, 6.07) is 9.20. The van der Waals surface area contributed by atoms with Gasteiger partial charge in [0, 0.05) is 6.42 Å². The molecular weight excluding hydrogens is 373 g/mol. The number of hydrogen-bond donors (Lipinski definition) is 1. The molecule has 0 saturated carbocycles. The van der Waals surface area contributed by atoms with Gasteiger partial charge in [-0.05, 0) is 42.5 Å². The topological polar surface area (TPSA) is 95.7 Å². The molecule has 0 atom stereocenters. The highest BCUT2D eigenvalue weighted by atomic mass is 35.5. The van der Waals surface area contributed by atoms with Crippen LogP contribution in [-0.4, -0.2) is 27.6 Å². The molecule has 0 aliphatic rings. The van der Waals surface area contributed by atoms with E-state index in [0.717, 1.165) is 6.07 Å². The van der Waals surface area contributed by atoms with Gasteiger partial charge in [-0.3, -0.25) is 0 Å². The molecule has 134 valence electrons. The number of primary sulfonamides is 1. The van der Waals surface area contributed by atoms with Gasteiger partial charge < -0.3 is 9.47 Å². The standard InChI is InChI=1S/C16H15ClFNO5S/c17-14-7-2-11(10-15(14)25(19,21)22)16(20)24-9-1-8-23-13-5-3-12(18)4-6-13/h2-7,10H,1,8-9H2,(H2,19,21,22). The van der Waals surface area contributed by atoms with Crippen LogP contribution in [0.1, 0.15) is 16.8 Å². The number of halogens is 2. The first kappa shape index (κ1) is 19.2. The summed E-state index contributed by atoms with van der Waals surface area (Å²) in [5.41, 5.74) is 0.0212. The highest BCUT2D eigenvalue weighted by molar-refractivity contribution is 7.89. The molecule has 0 saturated heterocycles. The summed E-state index contributed by atoms with van der Waals surface area (Å²) in [6.45, 7) is 0.329. The molecule has 0 unspecified atom stereocenters. The number of hydrogen-bond acceptors (Lipinski definition) is 5. The van der Waals surface area contributed by atoms with Crippen molar-refractivity contribution >= 4 is 27.6 Å². The molecule has 0 bridgehead atoms. The summed E-state index contributed by atoms with van der Waals surface area (Å²) < 4.78 is 45.9. The van der Waals surface area contributed by atoms with Gasteiger partial charge in [-0.15, -0.1) is 0 Å². The Kier molecular flexibility index (Phi) is 6.35. The van der Waals surface area contributed by atoms with Crippen LogP contribution in [0, 0.1) is 5.82 Å². The van der Waals surface area contributed by atoms with Crippen LogP contribution in [-0.2, 0) is 14.8 Å². The van der Waals surface area contributed by atoms with Crippen molar-refractivity contribution < 1.29 is 27.1 Å². The van der Waals surface area contributed by atoms with Gasteiger partial charge in [-0.2, -0.15) is 0 Å². The first-order chi connectivity index (χ1) is 11.8. The van der Waals surface area contributed by atoms with E-state index in [1.54, 1.807) is 0 Å². The Hall–Kier alpha value is -2.16. The van der Waals surface area contributed by atoms with E-state index in [1.807, 2.05) is 0 Å². The molecule has 0 radical (unpaired) electrons. The molecule has 6 nitrogen and oxygen atoms in total. The molecular formula is C16H15ClFNO5S. The molecule has 2 N–H and O–H groups in total. The molecule has 9 heteroatoms. The van der Waals surface area contributed by atoms with E-state index in [1.165, 1.54) is 36.4 Å². The van der Waals surface area contributed by atoms with Crippen molar-refractivity contribution in [3.63, 3.8) is 0 Å². The van der Waals surface area contributed by atoms with E-state index in [9.17, 15) is 17.6 Å². The second kappa shape index (κ2) is 8.28. The first-order valence-electron chi connectivity index (χ1n) is 7.15. The Balaban J connectivity index is 1.83. The highest BCUT2D eigenvalue weighted by Gasteiger charge is 2.17. The molecule has 2 aromatic rings. The lowest BCUT2D eigenvalue weighted by atomic mass is 10.2. The fourth-order valence-corrected chi connectivity index (χ4v) is 2.95. The molecule has 25 heavy (non-hydrogen) atoms. The second-order valence-electron chi connectivity index (χ2n) is 4.98. The number of benzene rings is 2. The number of sulfonamides is 1. The number of rotatable bonds is 7. The molecule has 0 spiro atoms. The Morgan fingerprint density at radius 1 is 1.12 bits per heavy atom. The molecule has 0 aliphatic carbocycles. The minimum absolute atomic E-state index is 0.0212. The van der Waals surface area contributed by atoms with E-state index < -0.39 is 16.0 Å². The summed E-state index contributed by atoms with van der Waals surface area (Å²) in [4.78, 5) is 11.6. The van der Waals surface area contributed by atoms with Gasteiger partial charge in [0.25, 0.3) is 0 Å². The normalized spacial score (nSPS) is 11.2. The summed E-state index contributed by atoms with van der Waals surface area (Å²) in [5.74, 6) is -0.560. The molecule has 0 amide bonds. The average Bonchev–Trinajstić information content (AvgIpc) is 2.55. The van der Waals surface area contributed by atoms with Crippen LogP contribution in [0.3, 0.4) is 0 Å². The van der Waals surface area contributed by atoms with Crippen molar-refractivity contribution in [2.45, 2.75) is 11.3 Å². The molecule has 2 aromatic carbocycles. The van der Waals surface area contributed by atoms with Gasteiger partial charge in [-0.1, -0.05) is 11.6 Å². The summed E-state index contributed by atoms with van der Waals surface area (Å²) in [7, 11) is -4.04. The third-order valence-electron chi connectivity index (χ3n) is 3.08. The maximum absolute atomic E-state index is 12.7. The third kappa shape index (κ3) is 5.70. The number of nitrogens with two attached hydrogens (primary N) is 1. The largest absolute Gasteiger partial charge is 0.493 e. The maximum atomic E-state index is 12.7. The third-order valence-corrected chi connectivity index (χ3v) is 4.47. The van der Waals surface area contributed by atoms with Crippen LogP contribution in [0.4, 0.5) is 4.39 Å². The first-order valence-corrected chi connectivity index (χ1v) is 9.07. The van der Waals surface area contributed by atoms with Gasteiger partial charge in [0.1, 0.15) is 16.5 Å². The lowest BCUT2D eigenvalue weighted by molar-refractivity contribution is 0.0485. The van der Waals surface area contributed by atoms with Gasteiger partial charge >= 0.3 is 5.97 Å². The molecule has 2 rings (SSSR count). The lowest BCUT2D eigenvalue weighted by Crippen LogP contribution is -2.15. The minimum Gasteiger partial charge on any atom is -0.493 e. The SMILES string of the molecule is NS(=O)(=O)c1cc(C(=O)OCCCOc2ccc(F)cc2)ccc1Cl. The van der Waals surface area contributed by atoms with Gasteiger partial charge in [-0.25, -0.2) is 22.7 Å². The second-order valence-corrected chi connectivity index (χ2v) is 6.92. The van der Waals surface area contributed by atoms with Crippen LogP contribution in [0.2, 0.25) is 5.02 Å². The zero-order valence-electron chi connectivity index (χ0n) is 12.9. The summed E-state index contributed by atoms with van der Waals surface area (Å²) in [5, 5.41) is 4.95. The highest BCUT2D eigenvalue weighted by Crippen LogP contribution is 2.22. The van der Waals surface area contributed by atoms with Crippen molar-refractivity contribution in [3.05, 3.63) is 58.9 Å². The fraction of sp³-hybridized carbons (Fsp3) is 0.188. The number of ether oxygens (including phenoxy) is 2. The van der Waals surface area contributed by atoms with Gasteiger partial charge in [0.05, 0.1) is 23.8 Å². The summed E-state index contributed by atoms with van der Waals surface area (Å²) >= 11 is 5.75. The van der Waals surface area contributed by atoms with Crippen LogP contribution >= 0.6 is 11.6 Å². The van der Waals surface area contributed by atoms with E-state index in [-0.39, 0.29) is 34.5 Å². The van der Waals surface area contributed by atoms with Crippen molar-refractivity contribution in [3.8, 4) is 5.75 Å². The predicted octanol–water partition coefficient (Wildman–Crippen LogP) is 2.75. The quantitative estimate of drug-likeness (QED) is 0.582. The van der Waals surface area contributed by atoms with E-state index >= 15 is 0 Å². The fourth-order valence-electron chi connectivity index (χ4n) is 1.88. The number of carbonyl (C=O) groups is 1. The summed E-state index contributed by atoms with van der Waals surface area (Å²) in [6.07, 6.45) is 0.402. The number of carbonyl (C=O) groups excluding carboxylic acids is 1. The monoisotopic (exact) mass is 387 g/mol. The smallest absolute Gasteiger partial charge is 0.338 e. The minimum atomic E-state index is -4.04. The zero-order chi connectivity index (χ0) is 18.4. The van der Waals surface area contributed by atoms with Crippen molar-refractivity contribution in [1.29, 1.82) is 0 Å². The van der Waals surface area contributed by atoms with E-state index in [2.05, 4.69) is 0 Å². The maximum Gasteiger partial charge on any atom is 0.338 e. The van der Waals surface area contributed by atoms with Crippen molar-refractivity contribution in [2.75, 3.05) is 13.2 Å². The Bertz CT molecular complexity index is 855. The molecule has 0 aromatic heterocycles. The van der Waals surface area contributed by atoms with Crippen molar-refractivity contribution in [2.24, 2.45) is 5.14 Å². The Morgan fingerprint density at radius 3 is 2.44 bits per heavy atom. The van der Waals surface area contributed by atoms with Crippen LogP contribution < -0.4 is 9.88 Å². The predicted molar refractivity (Wildman–Crippen MR) is 89.6 cm³/mol. The van der Waals surface area contributed by atoms with Gasteiger partial charge in [0.2, 0.25) is 10.0 Å². The van der Waals surface area contributed by atoms with Crippen LogP contribution in [0.15, 0.2) is 47.4 Å². The molecule has 0 fully saturated rings. The zero-order valence-corrected chi connectivity index (χ0v) is 14.5. The molecule has 0 heterocycles. The lowest BCUT2D eigenvalue weighted by Gasteiger charge is -2.08.